The van der Waals surface area contributed by atoms with E-state index >= 15 is 0 Å². The van der Waals surface area contributed by atoms with Crippen molar-refractivity contribution >= 4 is 0 Å². The molecule has 10 nitrogen and oxygen atoms in total. The molecule has 0 spiro atoms. The lowest BCUT2D eigenvalue weighted by Crippen LogP contribution is -2.43. The smallest absolute Gasteiger partial charge is 0.0594 e. The molecule has 0 aromatic heterocycles. The monoisotopic (exact) mass is 800 g/mol. The van der Waals surface area contributed by atoms with E-state index in [1.165, 1.54) is 83.7 Å². The van der Waals surface area contributed by atoms with Crippen molar-refractivity contribution in [2.24, 2.45) is 23.7 Å². The molecule has 0 aromatic rings. The number of ether oxygens (including phenoxy) is 5. The number of hydrogen-bond donors (Lipinski definition) is 3. The first kappa shape index (κ1) is 53.6. The second kappa shape index (κ2) is 36.5. The molecule has 0 amide bonds. The highest BCUT2D eigenvalue weighted by atomic mass is 16.5. The minimum Gasteiger partial charge on any atom is -0.381 e. The maximum absolute atomic E-state index is 5.33. The number of nitrogens with zero attached hydrogens (tertiary/aromatic N) is 2. The van der Waals surface area contributed by atoms with E-state index in [2.05, 4.69) is 95.0 Å². The molecular formula is C46H97N5O5. The van der Waals surface area contributed by atoms with Gasteiger partial charge in [-0.25, -0.2) is 0 Å². The first-order chi connectivity index (χ1) is 26.9. The van der Waals surface area contributed by atoms with Gasteiger partial charge in [0.1, 0.15) is 0 Å². The van der Waals surface area contributed by atoms with Gasteiger partial charge in [0.25, 0.3) is 0 Å². The predicted octanol–water partition coefficient (Wildman–Crippen LogP) is 7.84. The van der Waals surface area contributed by atoms with Crippen LogP contribution in [0.1, 0.15) is 140 Å². The average Bonchev–Trinajstić information content (AvgIpc) is 3.19. The molecule has 0 aromatic carbocycles. The van der Waals surface area contributed by atoms with Crippen LogP contribution < -0.4 is 16.0 Å². The second-order valence-corrected chi connectivity index (χ2v) is 18.4. The first-order valence-electron chi connectivity index (χ1n) is 23.5. The molecule has 0 saturated carbocycles. The Morgan fingerprint density at radius 3 is 1.36 bits per heavy atom. The fourth-order valence-electron chi connectivity index (χ4n) is 7.16. The predicted molar refractivity (Wildman–Crippen MR) is 238 cm³/mol. The van der Waals surface area contributed by atoms with Crippen LogP contribution in [0.3, 0.4) is 0 Å². The summed E-state index contributed by atoms with van der Waals surface area (Å²) in [6, 6.07) is 2.52. The number of nitrogens with one attached hydrogen (secondary N) is 3. The van der Waals surface area contributed by atoms with Gasteiger partial charge in [-0.2, -0.15) is 0 Å². The molecule has 5 rings (SSSR count). The van der Waals surface area contributed by atoms with Gasteiger partial charge in [-0.15, -0.1) is 0 Å². The average molecular weight is 800 g/mol. The maximum atomic E-state index is 5.33. The van der Waals surface area contributed by atoms with Crippen LogP contribution in [0.2, 0.25) is 0 Å². The summed E-state index contributed by atoms with van der Waals surface area (Å²) in [5.41, 5.74) is 0. The Morgan fingerprint density at radius 1 is 0.464 bits per heavy atom. The lowest BCUT2D eigenvalue weighted by molar-refractivity contribution is 0.0331. The van der Waals surface area contributed by atoms with Crippen molar-refractivity contribution in [3.05, 3.63) is 0 Å². The summed E-state index contributed by atoms with van der Waals surface area (Å²) >= 11 is 0. The molecule has 0 radical (unpaired) electrons. The molecule has 0 atom stereocenters. The fourth-order valence-corrected chi connectivity index (χ4v) is 7.16. The number of rotatable bonds is 16. The number of morpholine rings is 2. The highest BCUT2D eigenvalue weighted by molar-refractivity contribution is 4.72. The summed E-state index contributed by atoms with van der Waals surface area (Å²) in [4.78, 5) is 4.88. The third-order valence-electron chi connectivity index (χ3n) is 10.9. The summed E-state index contributed by atoms with van der Waals surface area (Å²) in [7, 11) is 0. The van der Waals surface area contributed by atoms with Crippen LogP contribution in [0.5, 0.6) is 0 Å². The zero-order valence-corrected chi connectivity index (χ0v) is 38.9. The molecule has 336 valence electrons. The molecule has 0 bridgehead atoms. The van der Waals surface area contributed by atoms with Gasteiger partial charge in [0, 0.05) is 96.7 Å². The second-order valence-electron chi connectivity index (χ2n) is 18.4. The Morgan fingerprint density at radius 2 is 0.893 bits per heavy atom. The molecule has 0 aliphatic carbocycles. The summed E-state index contributed by atoms with van der Waals surface area (Å²) in [6.07, 6.45) is 14.4. The van der Waals surface area contributed by atoms with E-state index in [0.29, 0.717) is 24.2 Å². The number of hydrogen-bond acceptors (Lipinski definition) is 10. The van der Waals surface area contributed by atoms with Gasteiger partial charge >= 0.3 is 0 Å². The van der Waals surface area contributed by atoms with Crippen molar-refractivity contribution in [1.29, 1.82) is 0 Å². The van der Waals surface area contributed by atoms with Crippen LogP contribution in [0.15, 0.2) is 0 Å². The summed E-state index contributed by atoms with van der Waals surface area (Å²) in [5, 5.41) is 10.3. The van der Waals surface area contributed by atoms with E-state index in [0.717, 1.165) is 123 Å². The van der Waals surface area contributed by atoms with Crippen LogP contribution in [0, 0.1) is 23.7 Å². The molecule has 5 fully saturated rings. The Labute approximate surface area is 348 Å². The van der Waals surface area contributed by atoms with Gasteiger partial charge in [0.05, 0.1) is 26.4 Å². The van der Waals surface area contributed by atoms with E-state index < -0.39 is 0 Å². The molecule has 5 aliphatic rings. The molecule has 0 unspecified atom stereocenters. The van der Waals surface area contributed by atoms with Crippen molar-refractivity contribution in [2.45, 2.75) is 164 Å². The first-order valence-corrected chi connectivity index (χ1v) is 23.5. The summed E-state index contributed by atoms with van der Waals surface area (Å²) in [5.74, 6) is 3.56. The van der Waals surface area contributed by atoms with E-state index in [4.69, 9.17) is 23.7 Å². The van der Waals surface area contributed by atoms with Gasteiger partial charge in [-0.1, -0.05) is 74.7 Å². The van der Waals surface area contributed by atoms with E-state index in [-0.39, 0.29) is 0 Å². The van der Waals surface area contributed by atoms with E-state index in [1.807, 2.05) is 0 Å². The molecule has 5 aliphatic heterocycles. The van der Waals surface area contributed by atoms with Gasteiger partial charge in [-0.05, 0) is 102 Å². The Bertz CT molecular complexity index is 752. The van der Waals surface area contributed by atoms with Gasteiger partial charge in [-0.3, -0.25) is 9.80 Å². The van der Waals surface area contributed by atoms with Crippen LogP contribution >= 0.6 is 0 Å². The normalized spacial score (nSPS) is 20.8. The lowest BCUT2D eigenvalue weighted by atomic mass is 9.92. The van der Waals surface area contributed by atoms with Gasteiger partial charge in [0.15, 0.2) is 0 Å². The highest BCUT2D eigenvalue weighted by Crippen LogP contribution is 2.22. The Kier molecular flexibility index (Phi) is 34.9. The van der Waals surface area contributed by atoms with Crippen molar-refractivity contribution in [2.75, 3.05) is 112 Å². The summed E-state index contributed by atoms with van der Waals surface area (Å²) in [6.45, 7) is 39.6. The standard InChI is InChI=1S/C11H22O.C10H21NO.C9H19NO.C8H18N2O.C8H17NO/c2*1-10(2)4-3-5-11-6-8-12-9-7-11;1-8(2)10-7-9-3-5-11-6-4-9;1-8(2)9-7-10-3-5-11-6-4-10;1-7(2)9-8-3-5-10-6-4-8/h10-11H,3-9H2,1-2H3;10H,3-9H2,1-2H3;8-10H,3-7H2,1-2H3;8-9H,3-7H2,1-2H3;7-9H,3-6H2,1-2H3. The quantitative estimate of drug-likeness (QED) is 0.144. The Balaban J connectivity index is 0.000000350. The van der Waals surface area contributed by atoms with Crippen LogP contribution in [-0.2, 0) is 23.7 Å². The molecule has 56 heavy (non-hydrogen) atoms. The zero-order valence-electron chi connectivity index (χ0n) is 38.9. The van der Waals surface area contributed by atoms with Crippen LogP contribution in [0.25, 0.3) is 0 Å². The molecular weight excluding hydrogens is 703 g/mol. The molecule has 3 N–H and O–H groups in total. The third-order valence-corrected chi connectivity index (χ3v) is 10.9. The van der Waals surface area contributed by atoms with Crippen molar-refractivity contribution in [3.63, 3.8) is 0 Å². The van der Waals surface area contributed by atoms with Crippen molar-refractivity contribution < 1.29 is 23.7 Å². The molecule has 5 saturated heterocycles. The van der Waals surface area contributed by atoms with Crippen molar-refractivity contribution in [3.8, 4) is 0 Å². The topological polar surface area (TPSA) is 88.7 Å². The third kappa shape index (κ3) is 34.5. The zero-order chi connectivity index (χ0) is 41.2. The molecule has 5 heterocycles. The minimum absolute atomic E-state index is 0.581. The molecule has 10 heteroatoms. The van der Waals surface area contributed by atoms with E-state index in [1.54, 1.807) is 0 Å². The largest absolute Gasteiger partial charge is 0.381 e. The minimum atomic E-state index is 0.581. The fraction of sp³-hybridized carbons (Fsp3) is 1.00. The Hall–Kier alpha value is -0.400. The van der Waals surface area contributed by atoms with Crippen molar-refractivity contribution in [1.82, 2.24) is 25.8 Å². The summed E-state index contributed by atoms with van der Waals surface area (Å²) < 4.78 is 26.4. The maximum Gasteiger partial charge on any atom is 0.0594 e. The van der Waals surface area contributed by atoms with Gasteiger partial charge < -0.3 is 39.6 Å². The van der Waals surface area contributed by atoms with Crippen LogP contribution in [0.4, 0.5) is 0 Å². The lowest BCUT2D eigenvalue weighted by Gasteiger charge is -2.27. The SMILES string of the molecule is CC(C)CCCC1CCOCC1.CC(C)CCCN1CCOCC1.CC(C)NC1CCOCC1.CC(C)NCC1CCOCC1.CC(C)NCN1CCOCC1. The van der Waals surface area contributed by atoms with E-state index in [9.17, 15) is 0 Å². The van der Waals surface area contributed by atoms with Crippen LogP contribution in [-0.4, -0.2) is 146 Å². The highest BCUT2D eigenvalue weighted by Gasteiger charge is 2.15. The van der Waals surface area contributed by atoms with Gasteiger partial charge in [0.2, 0.25) is 0 Å².